The second-order valence-electron chi connectivity index (χ2n) is 9.40. The standard InChI is InChI=1S/C27H38N2O/c1-21-12-13-22(2)25(18-21)19-23-8-4-5-9-24(23)20-28-14-16-29(17-15-28)26-10-6-7-11-27(26)30-3/h6-7,10-13,18,23-24H,4-5,8-9,14-17,19-20H2,1-3H3. The molecule has 30 heavy (non-hydrogen) atoms. The van der Waals surface area contributed by atoms with Crippen LogP contribution >= 0.6 is 0 Å². The number of para-hydroxylation sites is 2. The molecule has 0 N–H and O–H groups in total. The van der Waals surface area contributed by atoms with Gasteiger partial charge < -0.3 is 9.64 Å². The third-order valence-electron chi connectivity index (χ3n) is 7.34. The van der Waals surface area contributed by atoms with Crippen molar-refractivity contribution >= 4 is 5.69 Å². The van der Waals surface area contributed by atoms with Crippen LogP contribution in [0.25, 0.3) is 0 Å². The van der Waals surface area contributed by atoms with E-state index in [0.29, 0.717) is 0 Å². The lowest BCUT2D eigenvalue weighted by Crippen LogP contribution is -2.48. The lowest BCUT2D eigenvalue weighted by molar-refractivity contribution is 0.145. The highest BCUT2D eigenvalue weighted by atomic mass is 16.5. The summed E-state index contributed by atoms with van der Waals surface area (Å²) in [5.41, 5.74) is 5.68. The monoisotopic (exact) mass is 406 g/mol. The normalized spacial score (nSPS) is 22.8. The molecule has 1 aliphatic heterocycles. The number of rotatable bonds is 6. The number of hydrogen-bond acceptors (Lipinski definition) is 3. The fourth-order valence-corrected chi connectivity index (χ4v) is 5.49. The van der Waals surface area contributed by atoms with Crippen molar-refractivity contribution in [1.29, 1.82) is 0 Å². The summed E-state index contributed by atoms with van der Waals surface area (Å²) in [7, 11) is 1.77. The van der Waals surface area contributed by atoms with Crippen molar-refractivity contribution in [1.82, 2.24) is 4.90 Å². The van der Waals surface area contributed by atoms with Crippen LogP contribution in [0.3, 0.4) is 0 Å². The minimum absolute atomic E-state index is 0.839. The highest BCUT2D eigenvalue weighted by molar-refractivity contribution is 5.58. The Balaban J connectivity index is 1.35. The van der Waals surface area contributed by atoms with Crippen molar-refractivity contribution in [3.05, 3.63) is 59.2 Å². The number of benzene rings is 2. The van der Waals surface area contributed by atoms with Gasteiger partial charge in [0, 0.05) is 32.7 Å². The molecule has 1 saturated heterocycles. The van der Waals surface area contributed by atoms with E-state index in [1.54, 1.807) is 12.7 Å². The molecule has 1 heterocycles. The lowest BCUT2D eigenvalue weighted by Gasteiger charge is -2.41. The first-order valence-electron chi connectivity index (χ1n) is 11.8. The smallest absolute Gasteiger partial charge is 0.142 e. The molecule has 2 aromatic rings. The van der Waals surface area contributed by atoms with E-state index < -0.39 is 0 Å². The van der Waals surface area contributed by atoms with Crippen molar-refractivity contribution in [3.8, 4) is 5.75 Å². The third kappa shape index (κ3) is 5.00. The first kappa shape index (κ1) is 21.2. The van der Waals surface area contributed by atoms with Gasteiger partial charge in [0.2, 0.25) is 0 Å². The summed E-state index contributed by atoms with van der Waals surface area (Å²) in [5.74, 6) is 2.68. The molecule has 3 nitrogen and oxygen atoms in total. The van der Waals surface area contributed by atoms with E-state index in [1.165, 1.54) is 55.5 Å². The van der Waals surface area contributed by atoms with Crippen LogP contribution in [0, 0.1) is 25.7 Å². The van der Waals surface area contributed by atoms with Gasteiger partial charge in [-0.1, -0.05) is 48.7 Å². The van der Waals surface area contributed by atoms with E-state index >= 15 is 0 Å². The number of aryl methyl sites for hydroxylation is 2. The molecule has 0 amide bonds. The minimum Gasteiger partial charge on any atom is -0.495 e. The van der Waals surface area contributed by atoms with Crippen molar-refractivity contribution in [3.63, 3.8) is 0 Å². The highest BCUT2D eigenvalue weighted by Gasteiger charge is 2.29. The zero-order chi connectivity index (χ0) is 20.9. The van der Waals surface area contributed by atoms with E-state index in [1.807, 2.05) is 0 Å². The number of hydrogen-bond donors (Lipinski definition) is 0. The Morgan fingerprint density at radius 1 is 0.900 bits per heavy atom. The van der Waals surface area contributed by atoms with Crippen LogP contribution in [0.2, 0.25) is 0 Å². The van der Waals surface area contributed by atoms with Crippen LogP contribution in [0.4, 0.5) is 5.69 Å². The summed E-state index contributed by atoms with van der Waals surface area (Å²) < 4.78 is 5.58. The number of piperazine rings is 1. The summed E-state index contributed by atoms with van der Waals surface area (Å²) in [6.07, 6.45) is 6.89. The maximum atomic E-state index is 5.58. The molecule has 4 rings (SSSR count). The summed E-state index contributed by atoms with van der Waals surface area (Å²) in [6.45, 7) is 10.3. The van der Waals surface area contributed by atoms with Crippen molar-refractivity contribution < 1.29 is 4.74 Å². The van der Waals surface area contributed by atoms with Gasteiger partial charge >= 0.3 is 0 Å². The molecule has 162 valence electrons. The number of methoxy groups -OCH3 is 1. The fraction of sp³-hybridized carbons (Fsp3) is 0.556. The molecule has 1 saturated carbocycles. The van der Waals surface area contributed by atoms with Gasteiger partial charge in [0.15, 0.2) is 0 Å². The van der Waals surface area contributed by atoms with Crippen molar-refractivity contribution in [2.45, 2.75) is 46.0 Å². The van der Waals surface area contributed by atoms with Gasteiger partial charge in [-0.05, 0) is 68.2 Å². The van der Waals surface area contributed by atoms with Gasteiger partial charge in [-0.25, -0.2) is 0 Å². The summed E-state index contributed by atoms with van der Waals surface area (Å²) >= 11 is 0. The maximum Gasteiger partial charge on any atom is 0.142 e. The topological polar surface area (TPSA) is 15.7 Å². The Morgan fingerprint density at radius 2 is 1.63 bits per heavy atom. The first-order valence-corrected chi connectivity index (χ1v) is 11.8. The van der Waals surface area contributed by atoms with E-state index in [0.717, 1.165) is 43.8 Å². The zero-order valence-corrected chi connectivity index (χ0v) is 19.1. The van der Waals surface area contributed by atoms with Gasteiger partial charge in [-0.3, -0.25) is 4.90 Å². The van der Waals surface area contributed by atoms with Crippen LogP contribution in [0.15, 0.2) is 42.5 Å². The van der Waals surface area contributed by atoms with E-state index in [-0.39, 0.29) is 0 Å². The largest absolute Gasteiger partial charge is 0.495 e. The molecule has 3 heteroatoms. The molecule has 2 unspecified atom stereocenters. The average Bonchev–Trinajstić information content (AvgIpc) is 2.78. The number of nitrogens with zero attached hydrogens (tertiary/aromatic N) is 2. The Bertz CT molecular complexity index is 825. The van der Waals surface area contributed by atoms with Crippen LogP contribution in [-0.2, 0) is 6.42 Å². The van der Waals surface area contributed by atoms with Gasteiger partial charge in [-0.2, -0.15) is 0 Å². The predicted octanol–water partition coefficient (Wildman–Crippen LogP) is 5.48. The highest BCUT2D eigenvalue weighted by Crippen LogP contribution is 2.35. The van der Waals surface area contributed by atoms with Crippen molar-refractivity contribution in [2.75, 3.05) is 44.7 Å². The van der Waals surface area contributed by atoms with E-state index in [2.05, 4.69) is 66.1 Å². The van der Waals surface area contributed by atoms with Crippen LogP contribution < -0.4 is 9.64 Å². The second-order valence-corrected chi connectivity index (χ2v) is 9.40. The maximum absolute atomic E-state index is 5.58. The SMILES string of the molecule is COc1ccccc1N1CCN(CC2CCCCC2Cc2cc(C)ccc2C)CC1. The van der Waals surface area contributed by atoms with Crippen molar-refractivity contribution in [2.24, 2.45) is 11.8 Å². The third-order valence-corrected chi connectivity index (χ3v) is 7.34. The Hall–Kier alpha value is -2.00. The van der Waals surface area contributed by atoms with Gasteiger partial charge in [0.25, 0.3) is 0 Å². The molecule has 2 fully saturated rings. The van der Waals surface area contributed by atoms with Gasteiger partial charge in [0.1, 0.15) is 5.75 Å². The van der Waals surface area contributed by atoms with Crippen LogP contribution in [-0.4, -0.2) is 44.7 Å². The molecule has 0 bridgehead atoms. The molecular weight excluding hydrogens is 368 g/mol. The molecule has 2 aromatic carbocycles. The molecule has 0 aromatic heterocycles. The minimum atomic E-state index is 0.839. The fourth-order valence-electron chi connectivity index (χ4n) is 5.49. The summed E-state index contributed by atoms with van der Waals surface area (Å²) in [6, 6.07) is 15.4. The van der Waals surface area contributed by atoms with Gasteiger partial charge in [-0.15, -0.1) is 0 Å². The average molecular weight is 407 g/mol. The van der Waals surface area contributed by atoms with Gasteiger partial charge in [0.05, 0.1) is 12.8 Å². The number of anilines is 1. The predicted molar refractivity (Wildman–Crippen MR) is 127 cm³/mol. The molecule has 1 aliphatic carbocycles. The first-order chi connectivity index (χ1) is 14.6. The molecule has 0 radical (unpaired) electrons. The molecule has 2 atom stereocenters. The molecule has 2 aliphatic rings. The quantitative estimate of drug-likeness (QED) is 0.631. The zero-order valence-electron chi connectivity index (χ0n) is 19.1. The van der Waals surface area contributed by atoms with E-state index in [4.69, 9.17) is 4.74 Å². The Kier molecular flexibility index (Phi) is 6.99. The van der Waals surface area contributed by atoms with E-state index in [9.17, 15) is 0 Å². The summed E-state index contributed by atoms with van der Waals surface area (Å²) in [5, 5.41) is 0. The molecule has 0 spiro atoms. The second kappa shape index (κ2) is 9.87. The lowest BCUT2D eigenvalue weighted by atomic mass is 9.75. The molecular formula is C27H38N2O. The Labute approximate surface area is 183 Å². The van der Waals surface area contributed by atoms with Crippen LogP contribution in [0.5, 0.6) is 5.75 Å². The Morgan fingerprint density at radius 3 is 2.40 bits per heavy atom. The van der Waals surface area contributed by atoms with Crippen LogP contribution in [0.1, 0.15) is 42.4 Å². The summed E-state index contributed by atoms with van der Waals surface area (Å²) in [4.78, 5) is 5.21. The number of ether oxygens (including phenoxy) is 1.